The fourth-order valence-electron chi connectivity index (χ4n) is 1.00. The van der Waals surface area contributed by atoms with E-state index < -0.39 is 35.5 Å². The number of rotatable bonds is 3. The molecule has 0 aliphatic heterocycles. The first-order chi connectivity index (χ1) is 7.45. The summed E-state index contributed by atoms with van der Waals surface area (Å²) in [5, 5.41) is 0. The number of benzene rings is 1. The molecule has 0 saturated carbocycles. The lowest BCUT2D eigenvalue weighted by molar-refractivity contribution is -0.0525. The van der Waals surface area contributed by atoms with Crippen LogP contribution in [0.4, 0.5) is 17.6 Å². The normalized spacial score (nSPS) is 10.4. The van der Waals surface area contributed by atoms with Gasteiger partial charge in [0.15, 0.2) is 11.6 Å². The zero-order chi connectivity index (χ0) is 12.3. The summed E-state index contributed by atoms with van der Waals surface area (Å²) in [5.74, 6) is -4.71. The number of hydrogen-bond donors (Lipinski definition) is 0. The first-order valence-electron chi connectivity index (χ1n) is 3.98. The Morgan fingerprint density at radius 1 is 1.31 bits per heavy atom. The quantitative estimate of drug-likeness (QED) is 0.599. The molecule has 0 atom stereocenters. The van der Waals surface area contributed by atoms with Crippen LogP contribution in [0.15, 0.2) is 12.1 Å². The minimum absolute atomic E-state index is 0.411. The van der Waals surface area contributed by atoms with Gasteiger partial charge in [-0.2, -0.15) is 8.78 Å². The van der Waals surface area contributed by atoms with Crippen LogP contribution < -0.4 is 4.74 Å². The van der Waals surface area contributed by atoms with Crippen molar-refractivity contribution in [2.45, 2.75) is 6.61 Å². The predicted molar refractivity (Wildman–Crippen MR) is 44.3 cm³/mol. The van der Waals surface area contributed by atoms with Crippen molar-refractivity contribution in [3.05, 3.63) is 29.3 Å². The summed E-state index contributed by atoms with van der Waals surface area (Å²) in [4.78, 5) is 11.0. The third-order valence-electron chi connectivity index (χ3n) is 1.63. The van der Waals surface area contributed by atoms with Gasteiger partial charge in [0.2, 0.25) is 0 Å². The van der Waals surface area contributed by atoms with E-state index in [2.05, 4.69) is 9.47 Å². The maximum absolute atomic E-state index is 13.3. The summed E-state index contributed by atoms with van der Waals surface area (Å²) in [6, 6.07) is 0.938. The van der Waals surface area contributed by atoms with Crippen molar-refractivity contribution in [2.24, 2.45) is 0 Å². The molecule has 0 amide bonds. The van der Waals surface area contributed by atoms with Crippen LogP contribution in [0.25, 0.3) is 0 Å². The van der Waals surface area contributed by atoms with E-state index >= 15 is 0 Å². The van der Waals surface area contributed by atoms with Crippen LogP contribution in [0.1, 0.15) is 10.4 Å². The molecule has 1 aromatic rings. The molecule has 88 valence electrons. The number of carbonyl (C=O) groups is 1. The van der Waals surface area contributed by atoms with Crippen molar-refractivity contribution in [1.29, 1.82) is 0 Å². The summed E-state index contributed by atoms with van der Waals surface area (Å²) in [6.07, 6.45) is 0. The zero-order valence-electron chi connectivity index (χ0n) is 7.97. The molecule has 16 heavy (non-hydrogen) atoms. The van der Waals surface area contributed by atoms with E-state index in [0.29, 0.717) is 12.1 Å². The molecule has 0 aromatic heterocycles. The SMILES string of the molecule is COC(=O)c1cc(F)cc(OC(F)F)c1F. The van der Waals surface area contributed by atoms with Crippen LogP contribution in [-0.2, 0) is 4.74 Å². The highest BCUT2D eigenvalue weighted by Gasteiger charge is 2.20. The molecule has 0 heterocycles. The Bertz CT molecular complexity index is 406. The number of ether oxygens (including phenoxy) is 2. The third kappa shape index (κ3) is 2.62. The molecule has 3 nitrogen and oxygen atoms in total. The van der Waals surface area contributed by atoms with Gasteiger partial charge in [0, 0.05) is 6.07 Å². The number of halogens is 4. The second-order valence-corrected chi connectivity index (χ2v) is 2.64. The highest BCUT2D eigenvalue weighted by atomic mass is 19.3. The van der Waals surface area contributed by atoms with Gasteiger partial charge in [0.05, 0.1) is 7.11 Å². The number of alkyl halides is 2. The van der Waals surface area contributed by atoms with Crippen molar-refractivity contribution in [1.82, 2.24) is 0 Å². The Morgan fingerprint density at radius 3 is 2.44 bits per heavy atom. The lowest BCUT2D eigenvalue weighted by atomic mass is 10.2. The fourth-order valence-corrected chi connectivity index (χ4v) is 1.00. The minimum atomic E-state index is -3.32. The summed E-state index contributed by atoms with van der Waals surface area (Å²) in [7, 11) is 0.945. The van der Waals surface area contributed by atoms with Gasteiger partial charge >= 0.3 is 12.6 Å². The molecule has 0 saturated heterocycles. The van der Waals surface area contributed by atoms with E-state index in [1.165, 1.54) is 0 Å². The highest BCUT2D eigenvalue weighted by molar-refractivity contribution is 5.90. The maximum Gasteiger partial charge on any atom is 0.387 e. The standard InChI is InChI=1S/C9H6F4O3/c1-15-8(14)5-2-4(10)3-6(7(5)11)16-9(12)13/h2-3,9H,1H3. The highest BCUT2D eigenvalue weighted by Crippen LogP contribution is 2.24. The van der Waals surface area contributed by atoms with Crippen LogP contribution in [0.3, 0.4) is 0 Å². The van der Waals surface area contributed by atoms with E-state index in [4.69, 9.17) is 0 Å². The van der Waals surface area contributed by atoms with Crippen LogP contribution in [0.5, 0.6) is 5.75 Å². The molecule has 0 N–H and O–H groups in total. The largest absolute Gasteiger partial charge is 0.465 e. The predicted octanol–water partition coefficient (Wildman–Crippen LogP) is 2.35. The average molecular weight is 238 g/mol. The van der Waals surface area contributed by atoms with Crippen molar-refractivity contribution in [2.75, 3.05) is 7.11 Å². The Kier molecular flexibility index (Phi) is 3.70. The van der Waals surface area contributed by atoms with Gasteiger partial charge in [-0.3, -0.25) is 0 Å². The molecule has 0 fully saturated rings. The summed E-state index contributed by atoms with van der Waals surface area (Å²) >= 11 is 0. The van der Waals surface area contributed by atoms with E-state index in [1.807, 2.05) is 0 Å². The number of hydrogen-bond acceptors (Lipinski definition) is 3. The molecule has 0 radical (unpaired) electrons. The summed E-state index contributed by atoms with van der Waals surface area (Å²) in [5.41, 5.74) is -0.807. The van der Waals surface area contributed by atoms with E-state index in [1.54, 1.807) is 0 Å². The van der Waals surface area contributed by atoms with Gasteiger partial charge in [0.1, 0.15) is 11.4 Å². The van der Waals surface area contributed by atoms with Gasteiger partial charge in [-0.25, -0.2) is 13.6 Å². The van der Waals surface area contributed by atoms with Gasteiger partial charge in [-0.05, 0) is 6.07 Å². The van der Waals surface area contributed by atoms with Crippen LogP contribution in [0.2, 0.25) is 0 Å². The molecule has 0 bridgehead atoms. The summed E-state index contributed by atoms with van der Waals surface area (Å²) < 4.78 is 57.7. The molecule has 0 spiro atoms. The zero-order valence-corrected chi connectivity index (χ0v) is 7.97. The first-order valence-corrected chi connectivity index (χ1v) is 3.98. The van der Waals surface area contributed by atoms with Crippen molar-refractivity contribution in [3.63, 3.8) is 0 Å². The lowest BCUT2D eigenvalue weighted by Gasteiger charge is -2.08. The van der Waals surface area contributed by atoms with E-state index in [-0.39, 0.29) is 0 Å². The average Bonchev–Trinajstić information content (AvgIpc) is 2.21. The Hall–Kier alpha value is -1.79. The van der Waals surface area contributed by atoms with E-state index in [9.17, 15) is 22.4 Å². The smallest absolute Gasteiger partial charge is 0.387 e. The van der Waals surface area contributed by atoms with Crippen LogP contribution >= 0.6 is 0 Å². The number of esters is 1. The Labute approximate surface area is 87.6 Å². The van der Waals surface area contributed by atoms with Gasteiger partial charge in [-0.1, -0.05) is 0 Å². The third-order valence-corrected chi connectivity index (χ3v) is 1.63. The molecule has 7 heteroatoms. The van der Waals surface area contributed by atoms with Crippen molar-refractivity contribution < 1.29 is 31.8 Å². The molecule has 0 aliphatic rings. The van der Waals surface area contributed by atoms with Crippen LogP contribution in [0, 0.1) is 11.6 Å². The van der Waals surface area contributed by atoms with Gasteiger partial charge in [-0.15, -0.1) is 0 Å². The van der Waals surface area contributed by atoms with Gasteiger partial charge in [0.25, 0.3) is 0 Å². The number of carbonyl (C=O) groups excluding carboxylic acids is 1. The monoisotopic (exact) mass is 238 g/mol. The second kappa shape index (κ2) is 4.82. The topological polar surface area (TPSA) is 35.5 Å². The molecule has 0 unspecified atom stereocenters. The molecular weight excluding hydrogens is 232 g/mol. The molecular formula is C9H6F4O3. The maximum atomic E-state index is 13.3. The molecule has 1 rings (SSSR count). The molecule has 0 aliphatic carbocycles. The Balaban J connectivity index is 3.20. The first kappa shape index (κ1) is 12.3. The lowest BCUT2D eigenvalue weighted by Crippen LogP contribution is -2.10. The van der Waals surface area contributed by atoms with Crippen molar-refractivity contribution in [3.8, 4) is 5.75 Å². The molecule has 1 aromatic carbocycles. The Morgan fingerprint density at radius 2 is 1.94 bits per heavy atom. The van der Waals surface area contributed by atoms with E-state index in [0.717, 1.165) is 7.11 Å². The van der Waals surface area contributed by atoms with Gasteiger partial charge < -0.3 is 9.47 Å². The van der Waals surface area contributed by atoms with Crippen LogP contribution in [-0.4, -0.2) is 19.7 Å². The number of methoxy groups -OCH3 is 1. The van der Waals surface area contributed by atoms with Crippen molar-refractivity contribution >= 4 is 5.97 Å². The second-order valence-electron chi connectivity index (χ2n) is 2.64. The summed E-state index contributed by atoms with van der Waals surface area (Å²) in [6.45, 7) is -3.32. The fraction of sp³-hybridized carbons (Fsp3) is 0.222. The minimum Gasteiger partial charge on any atom is -0.465 e.